The molecule has 418 valence electrons. The minimum atomic E-state index is -1.01. The fourth-order valence-corrected chi connectivity index (χ4v) is 17.9. The number of carboxylic acid groups (broad SMARTS) is 1. The van der Waals surface area contributed by atoms with Crippen molar-refractivity contribution in [3.63, 3.8) is 0 Å². The third-order valence-electron chi connectivity index (χ3n) is 21.8. The van der Waals surface area contributed by atoms with Gasteiger partial charge in [0.1, 0.15) is 17.3 Å². The Morgan fingerprint density at radius 1 is 0.921 bits per heavy atom. The first-order valence-electron chi connectivity index (χ1n) is 29.6. The number of hydrogen-bond acceptors (Lipinski definition) is 10. The van der Waals surface area contributed by atoms with E-state index in [1.807, 2.05) is 33.8 Å². The Labute approximate surface area is 454 Å². The van der Waals surface area contributed by atoms with Gasteiger partial charge in [-0.3, -0.25) is 14.4 Å². The quantitative estimate of drug-likeness (QED) is 0.0705. The summed E-state index contributed by atoms with van der Waals surface area (Å²) in [4.78, 5) is 52.6. The van der Waals surface area contributed by atoms with Crippen LogP contribution in [0.5, 0.6) is 0 Å². The van der Waals surface area contributed by atoms with Crippen LogP contribution in [0, 0.1) is 75.4 Å². The Kier molecular flexibility index (Phi) is 16.5. The number of aliphatic hydroxyl groups is 2. The zero-order valence-electron chi connectivity index (χ0n) is 47.5. The highest BCUT2D eigenvalue weighted by Crippen LogP contribution is 2.70. The Morgan fingerprint density at radius 3 is 2.41 bits per heavy atom. The standard InChI is InChI=1S/C64H92N2O10/c1-10-28-64(73)30-27-50-47-21-17-41-34-44(67)20-22-46(41)57(47)48(38-62(50,64)7)40-15-18-43(19-16-40)66(9)32-33-74-45-26-29-61(6)42(35-45)36-53(75-56(71)13-11-12-31-65-59(72)76-60(3,4)5)58-51-24-23-49(39(2)14-25-55(69)70)63(51,8)54(68)37-52(58)61/h15-16,18-19,34,39,42,45,47-54,58,68,73H,11-14,17,20-27,29-33,35-38H2,1-9H3,(H,65,72)(H,69,70)/t39-,42+,45+,47+,48-,49-,50+,51+,52+,53-,54+,58+,61+,62+,63-,64-/m1/s1. The molecule has 0 aromatic heterocycles. The number of unbranched alkanes of at least 4 members (excludes halogenated alkanes) is 1. The van der Waals surface area contributed by atoms with Crippen LogP contribution in [0.1, 0.15) is 189 Å². The van der Waals surface area contributed by atoms with Crippen LogP contribution in [0.2, 0.25) is 0 Å². The highest BCUT2D eigenvalue weighted by atomic mass is 16.6. The molecule has 6 fully saturated rings. The number of anilines is 1. The van der Waals surface area contributed by atoms with Gasteiger partial charge in [-0.15, -0.1) is 5.92 Å². The first-order chi connectivity index (χ1) is 36.0. The second kappa shape index (κ2) is 22.2. The first-order valence-corrected chi connectivity index (χ1v) is 29.6. The number of aliphatic carboxylic acids is 1. The van der Waals surface area contributed by atoms with E-state index in [9.17, 15) is 34.5 Å². The van der Waals surface area contributed by atoms with Crippen molar-refractivity contribution < 1.29 is 48.7 Å². The third kappa shape index (κ3) is 10.8. The van der Waals surface area contributed by atoms with E-state index in [-0.39, 0.29) is 89.1 Å². The van der Waals surface area contributed by atoms with Crippen molar-refractivity contribution in [1.82, 2.24) is 5.32 Å². The van der Waals surface area contributed by atoms with Gasteiger partial charge in [0.25, 0.3) is 0 Å². The summed E-state index contributed by atoms with van der Waals surface area (Å²) in [6, 6.07) is 9.05. The second-order valence-corrected chi connectivity index (χ2v) is 26.9. The van der Waals surface area contributed by atoms with Crippen LogP contribution in [-0.2, 0) is 28.6 Å². The van der Waals surface area contributed by atoms with E-state index in [4.69, 9.17) is 14.2 Å². The number of nitrogens with one attached hydrogen (secondary N) is 1. The minimum absolute atomic E-state index is 0.0498. The summed E-state index contributed by atoms with van der Waals surface area (Å²) in [7, 11) is 2.13. The van der Waals surface area contributed by atoms with Gasteiger partial charge in [-0.05, 0) is 218 Å². The molecule has 1 aromatic rings. The Morgan fingerprint density at radius 2 is 1.68 bits per heavy atom. The Bertz CT molecular complexity index is 2470. The van der Waals surface area contributed by atoms with E-state index in [0.29, 0.717) is 63.5 Å². The number of hydrogen-bond donors (Lipinski definition) is 4. The highest BCUT2D eigenvalue weighted by molar-refractivity contribution is 5.93. The number of likely N-dealkylation sites (N-methyl/N-ethyl adjacent to an activating group) is 1. The maximum absolute atomic E-state index is 13.9. The molecule has 1 aromatic carbocycles. The van der Waals surface area contributed by atoms with Gasteiger partial charge in [-0.25, -0.2) is 4.79 Å². The summed E-state index contributed by atoms with van der Waals surface area (Å²) in [5.41, 5.74) is 4.18. The molecule has 12 heteroatoms. The summed E-state index contributed by atoms with van der Waals surface area (Å²) in [5.74, 6) is 7.55. The molecule has 8 aliphatic carbocycles. The predicted octanol–water partition coefficient (Wildman–Crippen LogP) is 11.5. The molecule has 4 N–H and O–H groups in total. The van der Waals surface area contributed by atoms with Gasteiger partial charge in [-0.1, -0.05) is 51.3 Å². The van der Waals surface area contributed by atoms with Crippen LogP contribution < -0.4 is 10.2 Å². The Balaban J connectivity index is 0.861. The topological polar surface area (TPSA) is 172 Å². The number of carbonyl (C=O) groups is 4. The fourth-order valence-electron chi connectivity index (χ4n) is 17.9. The number of ketones is 1. The largest absolute Gasteiger partial charge is 0.481 e. The molecule has 0 heterocycles. The summed E-state index contributed by atoms with van der Waals surface area (Å²) in [6.45, 7) is 18.2. The number of rotatable bonds is 16. The third-order valence-corrected chi connectivity index (χ3v) is 21.8. The van der Waals surface area contributed by atoms with Gasteiger partial charge >= 0.3 is 18.0 Å². The van der Waals surface area contributed by atoms with Crippen LogP contribution in [0.25, 0.3) is 0 Å². The number of allylic oxidation sites excluding steroid dienone is 4. The molecule has 0 unspecified atom stereocenters. The predicted molar refractivity (Wildman–Crippen MR) is 294 cm³/mol. The lowest BCUT2D eigenvalue weighted by atomic mass is 9.43. The van der Waals surface area contributed by atoms with Crippen molar-refractivity contribution in [1.29, 1.82) is 0 Å². The number of nitrogens with zero attached hydrogens (tertiary/aromatic N) is 1. The van der Waals surface area contributed by atoms with E-state index in [1.165, 1.54) is 22.3 Å². The average molecular weight is 1050 g/mol. The fraction of sp³-hybridized carbons (Fsp3) is 0.750. The van der Waals surface area contributed by atoms with E-state index >= 15 is 0 Å². The number of fused-ring (bicyclic) bond motifs is 9. The normalized spacial score (nSPS) is 37.9. The molecule has 0 saturated heterocycles. The van der Waals surface area contributed by atoms with Gasteiger partial charge in [0, 0.05) is 62.3 Å². The summed E-state index contributed by atoms with van der Waals surface area (Å²) >= 11 is 0. The van der Waals surface area contributed by atoms with Crippen LogP contribution in [0.3, 0.4) is 0 Å². The molecule has 0 spiro atoms. The Hall–Kier alpha value is -4.18. The number of amides is 1. The van der Waals surface area contributed by atoms with Crippen molar-refractivity contribution in [2.45, 2.75) is 213 Å². The van der Waals surface area contributed by atoms with Crippen molar-refractivity contribution >= 4 is 29.5 Å². The van der Waals surface area contributed by atoms with E-state index in [0.717, 1.165) is 82.9 Å². The van der Waals surface area contributed by atoms with Gasteiger partial charge < -0.3 is 39.7 Å². The summed E-state index contributed by atoms with van der Waals surface area (Å²) < 4.78 is 18.8. The second-order valence-electron chi connectivity index (χ2n) is 26.9. The molecular weight excluding hydrogens is 957 g/mol. The van der Waals surface area contributed by atoms with Gasteiger partial charge in [-0.2, -0.15) is 0 Å². The lowest BCUT2D eigenvalue weighted by Gasteiger charge is -2.64. The molecule has 76 heavy (non-hydrogen) atoms. The molecule has 1 amide bonds. The lowest BCUT2D eigenvalue weighted by molar-refractivity contribution is -0.219. The van der Waals surface area contributed by atoms with E-state index in [1.54, 1.807) is 0 Å². The number of benzene rings is 1. The molecule has 0 bridgehead atoms. The first kappa shape index (κ1) is 56.5. The van der Waals surface area contributed by atoms with Crippen LogP contribution in [-0.4, -0.2) is 95.4 Å². The number of carboxylic acids is 1. The highest BCUT2D eigenvalue weighted by Gasteiger charge is 2.67. The average Bonchev–Trinajstić information content (AvgIpc) is 3.96. The molecule has 16 atom stereocenters. The number of alkyl carbamates (subject to hydrolysis) is 1. The maximum Gasteiger partial charge on any atom is 0.407 e. The van der Waals surface area contributed by atoms with Crippen molar-refractivity contribution in [2.24, 2.45) is 63.6 Å². The zero-order valence-corrected chi connectivity index (χ0v) is 47.5. The summed E-state index contributed by atoms with van der Waals surface area (Å²) in [5, 5.41) is 36.9. The lowest BCUT2D eigenvalue weighted by Crippen LogP contribution is -2.63. The SMILES string of the molecule is CC#C[C@@]1(O)CC[C@H]2[C@@H]3CCC4=CC(=O)CCC4=C3[C@@H](c3ccc(N(C)CCO[C@H]4CC[C@@]5(C)[C@@H](C4)C[C@@H](OC(=O)CCCCNC(=O)OC(C)(C)C)[C@@H]4[C@@H]5C[C@H](O)[C@]5(C)[C@@H]([C@H](C)CCC(=O)O)CC[C@@H]45)cc3)C[C@@]21C. The van der Waals surface area contributed by atoms with Crippen LogP contribution >= 0.6 is 0 Å². The number of aliphatic hydroxyl groups excluding tert-OH is 1. The van der Waals surface area contributed by atoms with Gasteiger partial charge in [0.05, 0.1) is 18.8 Å². The number of ether oxygens (including phenoxy) is 3. The van der Waals surface area contributed by atoms with Crippen molar-refractivity contribution in [2.75, 3.05) is 31.6 Å². The van der Waals surface area contributed by atoms with Gasteiger partial charge in [0.2, 0.25) is 0 Å². The molecular formula is C64H92N2O10. The maximum atomic E-state index is 13.9. The molecule has 6 saturated carbocycles. The minimum Gasteiger partial charge on any atom is -0.481 e. The van der Waals surface area contributed by atoms with E-state index < -0.39 is 34.8 Å². The summed E-state index contributed by atoms with van der Waals surface area (Å²) in [6.07, 6.45) is 14.8. The smallest absolute Gasteiger partial charge is 0.407 e. The van der Waals surface area contributed by atoms with Crippen molar-refractivity contribution in [3.8, 4) is 11.8 Å². The van der Waals surface area contributed by atoms with Crippen molar-refractivity contribution in [3.05, 3.63) is 52.6 Å². The molecule has 12 nitrogen and oxygen atoms in total. The number of carbonyl (C=O) groups excluding carboxylic acids is 3. The van der Waals surface area contributed by atoms with E-state index in [2.05, 4.69) is 81.1 Å². The zero-order chi connectivity index (χ0) is 54.5. The van der Waals surface area contributed by atoms with Crippen LogP contribution in [0.15, 0.2) is 47.1 Å². The van der Waals surface area contributed by atoms with Gasteiger partial charge in [0.15, 0.2) is 5.78 Å². The molecule has 0 radical (unpaired) electrons. The molecule has 9 rings (SSSR count). The number of esters is 1. The monoisotopic (exact) mass is 1050 g/mol. The molecule has 8 aliphatic rings. The van der Waals surface area contributed by atoms with Crippen LogP contribution in [0.4, 0.5) is 10.5 Å². The molecule has 0 aliphatic heterocycles.